The van der Waals surface area contributed by atoms with Crippen molar-refractivity contribution in [3.8, 4) is 0 Å². The van der Waals surface area contributed by atoms with Crippen molar-refractivity contribution in [3.63, 3.8) is 0 Å². The van der Waals surface area contributed by atoms with Crippen molar-refractivity contribution in [2.24, 2.45) is 0 Å². The molecule has 50 heavy (non-hydrogen) atoms. The number of ether oxygens (including phenoxy) is 1. The zero-order chi connectivity index (χ0) is 36.7. The van der Waals surface area contributed by atoms with Gasteiger partial charge in [-0.2, -0.15) is 8.42 Å². The monoisotopic (exact) mass is 745 g/mol. The number of rotatable bonds is 38. The first-order valence-corrected chi connectivity index (χ1v) is 22.2. The number of hydrogen-bond acceptors (Lipinski definition) is 5. The summed E-state index contributed by atoms with van der Waals surface area (Å²) in [6.07, 6.45) is 44.9. The summed E-state index contributed by atoms with van der Waals surface area (Å²) in [6.45, 7) is 6.60. The maximum absolute atomic E-state index is 10.2. The molecule has 0 heterocycles. The Balaban J connectivity index is -0.000000671. The predicted molar refractivity (Wildman–Crippen MR) is 206 cm³/mol. The average Bonchev–Trinajstić information content (AvgIpc) is 3.05. The second kappa shape index (κ2) is 43.2. The van der Waals surface area contributed by atoms with E-state index < -0.39 is 33.7 Å². The second-order valence-corrected chi connectivity index (χ2v) is 15.8. The van der Waals surface area contributed by atoms with Crippen LogP contribution in [0.1, 0.15) is 227 Å². The van der Waals surface area contributed by atoms with Crippen molar-refractivity contribution in [1.82, 2.24) is 0 Å². The maximum atomic E-state index is 10.2. The number of carboxylic acid groups (broad SMARTS) is 2. The van der Waals surface area contributed by atoms with Gasteiger partial charge in [-0.15, -0.1) is 0 Å². The van der Waals surface area contributed by atoms with E-state index in [1.807, 2.05) is 0 Å². The molecule has 296 valence electrons. The Bertz CT molecular complexity index is 782. The van der Waals surface area contributed by atoms with Crippen molar-refractivity contribution < 1.29 is 68.5 Å². The summed E-state index contributed by atoms with van der Waals surface area (Å²) in [5, 5.41) is 13.9. The van der Waals surface area contributed by atoms with Crippen LogP contribution >= 0.6 is 0 Å². The van der Waals surface area contributed by atoms with Gasteiger partial charge in [0.25, 0.3) is 10.1 Å². The van der Waals surface area contributed by atoms with Crippen LogP contribution in [-0.2, 0) is 24.4 Å². The first-order chi connectivity index (χ1) is 23.7. The summed E-state index contributed by atoms with van der Waals surface area (Å²) >= 11 is 0. The molecule has 0 fully saturated rings. The molecule has 10 heteroatoms. The van der Waals surface area contributed by atoms with E-state index >= 15 is 0 Å². The van der Waals surface area contributed by atoms with Gasteiger partial charge in [-0.3, -0.25) is 14.1 Å². The largest absolute Gasteiger partial charge is 1.00 e. The van der Waals surface area contributed by atoms with Crippen molar-refractivity contribution in [2.75, 3.05) is 13.2 Å². The summed E-state index contributed by atoms with van der Waals surface area (Å²) in [5.41, 5.74) is 0. The molecule has 0 rings (SSSR count). The number of aliphatic carboxylic acids is 2. The summed E-state index contributed by atoms with van der Waals surface area (Å²) in [6, 6.07) is 0. The molecule has 8 nitrogen and oxygen atoms in total. The first-order valence-electron chi connectivity index (χ1n) is 20.6. The molecule has 0 aliphatic rings. The minimum Gasteiger partial charge on any atom is -1.00 e. The third-order valence-electron chi connectivity index (χ3n) is 9.28. The van der Waals surface area contributed by atoms with Crippen molar-refractivity contribution in [1.29, 1.82) is 0 Å². The van der Waals surface area contributed by atoms with E-state index in [9.17, 15) is 18.0 Å². The molecular weight excluding hydrogens is 663 g/mol. The van der Waals surface area contributed by atoms with Gasteiger partial charge in [0.2, 0.25) is 0 Å². The molecule has 0 aromatic heterocycles. The molecule has 0 aromatic carbocycles. The predicted octanol–water partition coefficient (Wildman–Crippen LogP) is 9.44. The summed E-state index contributed by atoms with van der Waals surface area (Å²) in [4.78, 5) is 20.0. The fourth-order valence-electron chi connectivity index (χ4n) is 6.09. The van der Waals surface area contributed by atoms with Crippen LogP contribution in [0.15, 0.2) is 0 Å². The quantitative estimate of drug-likeness (QED) is 0.0323. The second-order valence-electron chi connectivity index (χ2n) is 14.2. The Labute approximate surface area is 333 Å². The van der Waals surface area contributed by atoms with Gasteiger partial charge < -0.3 is 16.4 Å². The number of carbonyl (C=O) groups is 2. The standard InChI is InChI=1S/C36H74O.C4H6O7S.Na.H/c1-3-5-7-9-11-13-15-17-19-21-23-25-27-29-31-33-35-37-36-34-32-30-28-26-24-22-20-18-16-14-12-10-8-6-4-2;5-3(6)1-2(4(7)8)12(9,10)11;;/h3-36H2,1-2H3;2H,1H2,(H,5,6)(H,7,8)(H,9,10,11);;/q;;+1;-1. The van der Waals surface area contributed by atoms with Crippen LogP contribution in [0.3, 0.4) is 0 Å². The van der Waals surface area contributed by atoms with Crippen molar-refractivity contribution >= 4 is 22.1 Å². The van der Waals surface area contributed by atoms with Gasteiger partial charge in [0.15, 0.2) is 5.25 Å². The van der Waals surface area contributed by atoms with Crippen molar-refractivity contribution in [3.05, 3.63) is 0 Å². The van der Waals surface area contributed by atoms with Gasteiger partial charge >= 0.3 is 41.5 Å². The molecule has 0 amide bonds. The minimum absolute atomic E-state index is 0. The molecule has 0 spiro atoms. The van der Waals surface area contributed by atoms with Crippen LogP contribution < -0.4 is 29.6 Å². The van der Waals surface area contributed by atoms with Gasteiger partial charge in [0.05, 0.1) is 6.42 Å². The van der Waals surface area contributed by atoms with E-state index in [0.29, 0.717) is 0 Å². The molecule has 0 aliphatic heterocycles. The van der Waals surface area contributed by atoms with Crippen molar-refractivity contribution in [2.45, 2.75) is 231 Å². The van der Waals surface area contributed by atoms with Gasteiger partial charge in [0.1, 0.15) is 0 Å². The molecule has 1 unspecified atom stereocenters. The zero-order valence-electron chi connectivity index (χ0n) is 34.1. The molecule has 3 N–H and O–H groups in total. The number of hydrogen-bond donors (Lipinski definition) is 3. The topological polar surface area (TPSA) is 138 Å². The fourth-order valence-corrected chi connectivity index (χ4v) is 6.69. The summed E-state index contributed by atoms with van der Waals surface area (Å²) in [5.74, 6) is -3.50. The number of unbranched alkanes of at least 4 members (excludes halogenated alkanes) is 30. The molecule has 0 saturated carbocycles. The molecule has 1 atom stereocenters. The Hall–Kier alpha value is -0.190. The Kier molecular flexibility index (Phi) is 46.8. The molecule has 0 saturated heterocycles. The third-order valence-corrected chi connectivity index (χ3v) is 10.4. The third kappa shape index (κ3) is 45.8. The van der Waals surface area contributed by atoms with Gasteiger partial charge in [-0.25, -0.2) is 0 Å². The van der Waals surface area contributed by atoms with Crippen LogP contribution in [0.25, 0.3) is 0 Å². The average molecular weight is 745 g/mol. The molecule has 0 radical (unpaired) electrons. The Morgan fingerprint density at radius 3 is 0.860 bits per heavy atom. The normalized spacial score (nSPS) is 11.8. The van der Waals surface area contributed by atoms with Crippen LogP contribution in [0.2, 0.25) is 0 Å². The van der Waals surface area contributed by atoms with Crippen LogP contribution in [0, 0.1) is 0 Å². The van der Waals surface area contributed by atoms with Gasteiger partial charge in [-0.05, 0) is 12.8 Å². The van der Waals surface area contributed by atoms with Gasteiger partial charge in [-0.1, -0.05) is 206 Å². The van der Waals surface area contributed by atoms with Crippen LogP contribution in [0.5, 0.6) is 0 Å². The minimum atomic E-state index is -4.84. The molecule has 0 aromatic rings. The maximum Gasteiger partial charge on any atom is 1.00 e. The van der Waals surface area contributed by atoms with Crippen LogP contribution in [0.4, 0.5) is 0 Å². The molecule has 0 aliphatic carbocycles. The summed E-state index contributed by atoms with van der Waals surface area (Å²) in [7, 11) is -4.84. The van der Waals surface area contributed by atoms with E-state index in [0.717, 1.165) is 13.2 Å². The Morgan fingerprint density at radius 2 is 0.700 bits per heavy atom. The van der Waals surface area contributed by atoms with E-state index in [1.54, 1.807) is 0 Å². The van der Waals surface area contributed by atoms with E-state index in [1.165, 1.54) is 205 Å². The summed E-state index contributed by atoms with van der Waals surface area (Å²) < 4.78 is 34.5. The Morgan fingerprint density at radius 1 is 0.480 bits per heavy atom. The smallest absolute Gasteiger partial charge is 1.00 e. The SMILES string of the molecule is CCCCCCCCCCCCCCCCCCOCCCCCCCCCCCCCCCCCC.O=C(O)CC(C(=O)O)S(=O)(=O)O.[H-].[Na+]. The number of carboxylic acids is 2. The van der Waals surface area contributed by atoms with E-state index in [4.69, 9.17) is 19.5 Å². The molecule has 0 bridgehead atoms. The first kappa shape index (κ1) is 54.2. The fraction of sp³-hybridized carbons (Fsp3) is 0.950. The van der Waals surface area contributed by atoms with E-state index in [-0.39, 0.29) is 31.0 Å². The van der Waals surface area contributed by atoms with Crippen LogP contribution in [-0.4, -0.2) is 53.6 Å². The zero-order valence-corrected chi connectivity index (χ0v) is 35.9. The van der Waals surface area contributed by atoms with E-state index in [2.05, 4.69) is 13.8 Å². The molecular formula is C40H81NaO8S. The van der Waals surface area contributed by atoms with Gasteiger partial charge in [0, 0.05) is 13.2 Å².